The minimum absolute atomic E-state index is 0.00697. The van der Waals surface area contributed by atoms with Crippen LogP contribution >= 0.6 is 0 Å². The second-order valence-corrected chi connectivity index (χ2v) is 21.8. The molecule has 1 aliphatic carbocycles. The van der Waals surface area contributed by atoms with Crippen molar-refractivity contribution in [3.8, 4) is 0 Å². The number of fused-ring (bicyclic) bond motifs is 3. The number of ketones is 3. The van der Waals surface area contributed by atoms with E-state index in [0.717, 1.165) is 10.5 Å². The highest BCUT2D eigenvalue weighted by Crippen LogP contribution is 2.38. The Kier molecular flexibility index (Phi) is 23.9. The summed E-state index contributed by atoms with van der Waals surface area (Å²) in [6, 6.07) is -1.20. The number of aliphatic hydroxyl groups is 4. The molecule has 3 heterocycles. The molecule has 3 fully saturated rings. The van der Waals surface area contributed by atoms with E-state index in [2.05, 4.69) is 0 Å². The molecule has 4 aliphatic rings. The van der Waals surface area contributed by atoms with E-state index in [-0.39, 0.29) is 42.8 Å². The van der Waals surface area contributed by atoms with Crippen LogP contribution in [0.25, 0.3) is 0 Å². The normalized spacial score (nSPS) is 35.1. The predicted octanol–water partition coefficient (Wildman–Crippen LogP) is 5.72. The summed E-state index contributed by atoms with van der Waals surface area (Å²) in [5, 5.41) is 43.1. The highest BCUT2D eigenvalue weighted by molar-refractivity contribution is 6.39. The predicted molar refractivity (Wildman–Crippen MR) is 271 cm³/mol. The second kappa shape index (κ2) is 28.3. The Labute approximate surface area is 433 Å². The number of carbonyl (C=O) groups excluding carboxylic acids is 6. The van der Waals surface area contributed by atoms with Crippen LogP contribution in [0.3, 0.4) is 0 Å². The van der Waals surface area contributed by atoms with Crippen LogP contribution in [0.2, 0.25) is 0 Å². The maximum absolute atomic E-state index is 14.5. The van der Waals surface area contributed by atoms with Crippen molar-refractivity contribution < 1.29 is 77.6 Å². The molecule has 0 aromatic carbocycles. The minimum atomic E-state index is -2.47. The van der Waals surface area contributed by atoms with Gasteiger partial charge >= 0.3 is 11.9 Å². The third kappa shape index (κ3) is 16.0. The van der Waals surface area contributed by atoms with Crippen molar-refractivity contribution in [1.82, 2.24) is 4.90 Å². The van der Waals surface area contributed by atoms with E-state index in [9.17, 15) is 49.2 Å². The van der Waals surface area contributed by atoms with Gasteiger partial charge in [0, 0.05) is 58.5 Å². The molecule has 2 saturated heterocycles. The number of nitrogens with zero attached hydrogens (tertiary/aromatic N) is 1. The van der Waals surface area contributed by atoms with E-state index >= 15 is 0 Å². The summed E-state index contributed by atoms with van der Waals surface area (Å²) in [7, 11) is 4.43. The van der Waals surface area contributed by atoms with Gasteiger partial charge in [-0.15, -0.1) is 0 Å². The lowest BCUT2D eigenvalue weighted by molar-refractivity contribution is -0.265. The van der Waals surface area contributed by atoms with Crippen LogP contribution < -0.4 is 0 Å². The number of piperidine rings is 1. The summed E-state index contributed by atoms with van der Waals surface area (Å²) < 4.78 is 35.4. The first-order valence-electron chi connectivity index (χ1n) is 26.4. The summed E-state index contributed by atoms with van der Waals surface area (Å²) in [6.07, 6.45) is 9.76. The van der Waals surface area contributed by atoms with Crippen molar-refractivity contribution >= 4 is 35.2 Å². The number of amides is 1. The standard InChI is InChI=1S/C56H87NO16/c1-33-17-13-12-14-18-34(2)45(68-9)29-41-22-20-39(7)56(67,73-41)51(63)52(64)57-24-16-15-19-42(57)53(65)71-46(30-43(60)35(3)26-38(6)49(62)50(70-11)48(61)37(5)25-33)36(4)27-40-21-23-44(47(28-40)69-10)72-54(66)55(8,31-58)32-59/h12-14,17-18,26,33,35-37,39-42,44-47,49-50,58-59,62,67H,15-16,19-25,27-32H2,1-11H3/t33-,35-,36-,37-,39-,40+,41+,42+,44-,45?,46+,47-,49-,50+,56-/m1/s1. The van der Waals surface area contributed by atoms with Gasteiger partial charge in [0.2, 0.25) is 5.79 Å². The van der Waals surface area contributed by atoms with E-state index in [1.807, 2.05) is 51.2 Å². The summed E-state index contributed by atoms with van der Waals surface area (Å²) in [5.74, 6) is -9.36. The highest BCUT2D eigenvalue weighted by Gasteiger charge is 2.53. The third-order valence-corrected chi connectivity index (χ3v) is 15.9. The van der Waals surface area contributed by atoms with Crippen molar-refractivity contribution in [2.24, 2.45) is 40.9 Å². The second-order valence-electron chi connectivity index (χ2n) is 21.8. The first-order valence-corrected chi connectivity index (χ1v) is 26.4. The molecule has 2 bridgehead atoms. The van der Waals surface area contributed by atoms with E-state index in [4.69, 9.17) is 28.4 Å². The Hall–Kier alpha value is -3.94. The highest BCUT2D eigenvalue weighted by atomic mass is 16.6. The van der Waals surface area contributed by atoms with Gasteiger partial charge in [-0.3, -0.25) is 24.0 Å². The van der Waals surface area contributed by atoms with Crippen molar-refractivity contribution in [2.45, 2.75) is 187 Å². The maximum atomic E-state index is 14.5. The Bertz CT molecular complexity index is 2010. The Balaban J connectivity index is 1.69. The van der Waals surface area contributed by atoms with Gasteiger partial charge in [-0.1, -0.05) is 71.1 Å². The van der Waals surface area contributed by atoms with E-state index in [1.54, 1.807) is 40.9 Å². The van der Waals surface area contributed by atoms with Crippen LogP contribution in [0, 0.1) is 40.9 Å². The minimum Gasteiger partial charge on any atom is -0.460 e. The van der Waals surface area contributed by atoms with Crippen LogP contribution in [-0.4, -0.2) is 156 Å². The largest absolute Gasteiger partial charge is 0.460 e. The zero-order valence-electron chi connectivity index (χ0n) is 45.3. The number of rotatable bonds is 10. The number of carbonyl (C=O) groups is 6. The van der Waals surface area contributed by atoms with Crippen molar-refractivity contribution in [1.29, 1.82) is 0 Å². The van der Waals surface area contributed by atoms with Crippen LogP contribution in [0.1, 0.15) is 132 Å². The number of methoxy groups -OCH3 is 3. The van der Waals surface area contributed by atoms with E-state index in [0.29, 0.717) is 69.8 Å². The number of allylic oxidation sites excluding steroid dienone is 6. The molecular weight excluding hydrogens is 943 g/mol. The smallest absolute Gasteiger partial charge is 0.329 e. The van der Waals surface area contributed by atoms with Gasteiger partial charge in [0.1, 0.15) is 41.7 Å². The molecule has 4 rings (SSSR count). The molecule has 0 radical (unpaired) electrons. The molecule has 1 amide bonds. The summed E-state index contributed by atoms with van der Waals surface area (Å²) in [6.45, 7) is 12.7. The maximum Gasteiger partial charge on any atom is 0.329 e. The molecule has 0 aromatic rings. The van der Waals surface area contributed by atoms with Gasteiger partial charge in [0.25, 0.3) is 11.7 Å². The monoisotopic (exact) mass is 1030 g/mol. The van der Waals surface area contributed by atoms with Gasteiger partial charge in [-0.05, 0) is 114 Å². The number of esters is 2. The number of hydrogen-bond donors (Lipinski definition) is 4. The zero-order valence-corrected chi connectivity index (χ0v) is 45.3. The van der Waals surface area contributed by atoms with Crippen LogP contribution in [0.15, 0.2) is 47.6 Å². The number of Topliss-reactive ketones (excluding diaryl/α,β-unsaturated/α-hetero) is 3. The van der Waals surface area contributed by atoms with E-state index < -0.39 is 120 Å². The van der Waals surface area contributed by atoms with Crippen LogP contribution in [0.4, 0.5) is 0 Å². The molecule has 412 valence electrons. The molecule has 0 spiro atoms. The molecule has 1 unspecified atom stereocenters. The van der Waals surface area contributed by atoms with Crippen LogP contribution in [-0.2, 0) is 57.2 Å². The quantitative estimate of drug-likeness (QED) is 0.116. The van der Waals surface area contributed by atoms with Crippen LogP contribution in [0.5, 0.6) is 0 Å². The molecule has 17 nitrogen and oxygen atoms in total. The Morgan fingerprint density at radius 2 is 1.56 bits per heavy atom. The van der Waals surface area contributed by atoms with Crippen molar-refractivity contribution in [3.05, 3.63) is 47.6 Å². The molecule has 15 atom stereocenters. The molecule has 1 saturated carbocycles. The fourth-order valence-corrected chi connectivity index (χ4v) is 10.7. The van der Waals surface area contributed by atoms with Gasteiger partial charge in [-0.25, -0.2) is 4.79 Å². The molecule has 73 heavy (non-hydrogen) atoms. The SMILES string of the molecule is COC1C[C@@H]2CC[C@@H](C)[C@@](O)(O2)C(=O)C(=O)N2CCCC[C@H]2C(=O)O[C@H]([C@H](C)C[C@@H]2CC[C@@H](OC(=O)C(C)(CO)CO)[C@H](OC)C2)CC(=O)[C@H](C)C=C(C)[C@@H](O)[C@@H](OC)C(=O)[C@H](C)C[C@H](C)C=CC=CC=C1C. The molecular formula is C56H87NO16. The average Bonchev–Trinajstić information content (AvgIpc) is 3.37. The molecule has 3 aliphatic heterocycles. The van der Waals surface area contributed by atoms with Gasteiger partial charge in [-0.2, -0.15) is 0 Å². The number of aliphatic hydroxyl groups excluding tert-OH is 3. The van der Waals surface area contributed by atoms with Gasteiger partial charge in [0.15, 0.2) is 5.78 Å². The summed E-state index contributed by atoms with van der Waals surface area (Å²) >= 11 is 0. The lowest BCUT2D eigenvalue weighted by atomic mass is 9.78. The third-order valence-electron chi connectivity index (χ3n) is 15.9. The van der Waals surface area contributed by atoms with E-state index in [1.165, 1.54) is 21.1 Å². The topological polar surface area (TPSA) is 242 Å². The zero-order chi connectivity index (χ0) is 54.4. The first-order chi connectivity index (χ1) is 34.5. The van der Waals surface area contributed by atoms with Crippen molar-refractivity contribution in [2.75, 3.05) is 41.1 Å². The number of cyclic esters (lactones) is 1. The summed E-state index contributed by atoms with van der Waals surface area (Å²) in [4.78, 5) is 85.4. The molecule has 4 N–H and O–H groups in total. The number of ether oxygens (including phenoxy) is 6. The Morgan fingerprint density at radius 3 is 2.21 bits per heavy atom. The Morgan fingerprint density at radius 1 is 0.863 bits per heavy atom. The number of hydrogen-bond acceptors (Lipinski definition) is 16. The lowest BCUT2D eigenvalue weighted by Gasteiger charge is -2.42. The fourth-order valence-electron chi connectivity index (χ4n) is 10.7. The summed E-state index contributed by atoms with van der Waals surface area (Å²) in [5.41, 5.74) is -0.277. The average molecular weight is 1030 g/mol. The van der Waals surface area contributed by atoms with Gasteiger partial charge in [0.05, 0.1) is 31.5 Å². The fraction of sp³-hybridized carbons (Fsp3) is 0.750. The first kappa shape index (κ1) is 61.6. The molecule has 17 heteroatoms. The molecule has 0 aromatic heterocycles. The van der Waals surface area contributed by atoms with Gasteiger partial charge < -0.3 is 53.7 Å². The lowest BCUT2D eigenvalue weighted by Crippen LogP contribution is -2.61. The van der Waals surface area contributed by atoms with Crippen molar-refractivity contribution in [3.63, 3.8) is 0 Å².